The van der Waals surface area contributed by atoms with Crippen molar-refractivity contribution >= 4 is 23.2 Å². The number of aliphatic hydroxyl groups is 1. The van der Waals surface area contributed by atoms with Crippen molar-refractivity contribution in [3.63, 3.8) is 0 Å². The minimum absolute atomic E-state index is 0.108. The highest BCUT2D eigenvalue weighted by Crippen LogP contribution is 2.35. The maximum absolute atomic E-state index is 10.7. The Morgan fingerprint density at radius 3 is 2.35 bits per heavy atom. The normalized spacial score (nSPS) is 20.4. The summed E-state index contributed by atoms with van der Waals surface area (Å²) < 4.78 is 0. The van der Waals surface area contributed by atoms with Crippen LogP contribution in [0, 0.1) is 5.92 Å². The first-order valence-electron chi connectivity index (χ1n) is 7.46. The topological polar surface area (TPSA) is 46.2 Å². The van der Waals surface area contributed by atoms with Gasteiger partial charge in [0.25, 0.3) is 0 Å². The third-order valence-corrected chi connectivity index (χ3v) is 4.97. The molecule has 1 aromatic carbocycles. The summed E-state index contributed by atoms with van der Waals surface area (Å²) in [4.78, 5) is 0. The molecule has 0 spiro atoms. The molecule has 2 rings (SSSR count). The van der Waals surface area contributed by atoms with Gasteiger partial charge in [0.2, 0.25) is 0 Å². The average Bonchev–Trinajstić information content (AvgIpc) is 2.70. The molecule has 0 aromatic heterocycles. The van der Waals surface area contributed by atoms with Gasteiger partial charge in [-0.3, -0.25) is 0 Å². The molecule has 0 heterocycles. The summed E-state index contributed by atoms with van der Waals surface area (Å²) in [6.07, 6.45) is 6.71. The van der Waals surface area contributed by atoms with Crippen LogP contribution in [0.25, 0.3) is 0 Å². The molecular formula is C16H23Cl2NO. The van der Waals surface area contributed by atoms with E-state index in [0.717, 1.165) is 18.4 Å². The van der Waals surface area contributed by atoms with Crippen molar-refractivity contribution in [2.75, 3.05) is 6.54 Å². The Labute approximate surface area is 131 Å². The molecule has 2 nitrogen and oxygen atoms in total. The maximum atomic E-state index is 10.7. The van der Waals surface area contributed by atoms with Gasteiger partial charge >= 0.3 is 0 Å². The third kappa shape index (κ3) is 3.88. The van der Waals surface area contributed by atoms with Gasteiger partial charge in [0.15, 0.2) is 0 Å². The molecule has 2 unspecified atom stereocenters. The average molecular weight is 316 g/mol. The fourth-order valence-corrected chi connectivity index (χ4v) is 3.78. The first kappa shape index (κ1) is 16.1. The van der Waals surface area contributed by atoms with Crippen molar-refractivity contribution in [2.45, 2.75) is 50.5 Å². The second-order valence-corrected chi connectivity index (χ2v) is 6.59. The number of benzene rings is 1. The van der Waals surface area contributed by atoms with E-state index < -0.39 is 6.10 Å². The second kappa shape index (κ2) is 7.65. The Balaban J connectivity index is 2.17. The molecule has 1 saturated carbocycles. The van der Waals surface area contributed by atoms with Gasteiger partial charge < -0.3 is 10.8 Å². The van der Waals surface area contributed by atoms with Crippen LogP contribution in [0.1, 0.15) is 50.0 Å². The molecule has 0 aliphatic heterocycles. The van der Waals surface area contributed by atoms with E-state index in [1.165, 1.54) is 25.7 Å². The molecule has 0 amide bonds. The number of halogens is 2. The molecule has 4 heteroatoms. The Bertz CT molecular complexity index is 430. The molecule has 0 saturated heterocycles. The first-order chi connectivity index (χ1) is 9.63. The fourth-order valence-electron chi connectivity index (χ4n) is 3.23. The monoisotopic (exact) mass is 315 g/mol. The lowest BCUT2D eigenvalue weighted by molar-refractivity contribution is 0.0742. The van der Waals surface area contributed by atoms with Gasteiger partial charge in [0, 0.05) is 22.5 Å². The van der Waals surface area contributed by atoms with Crippen LogP contribution in [0.3, 0.4) is 0 Å². The number of aliphatic hydroxyl groups excluding tert-OH is 1. The molecule has 1 fully saturated rings. The van der Waals surface area contributed by atoms with E-state index >= 15 is 0 Å². The smallest absolute Gasteiger partial charge is 0.0649 e. The van der Waals surface area contributed by atoms with E-state index in [2.05, 4.69) is 0 Å². The largest absolute Gasteiger partial charge is 0.392 e. The van der Waals surface area contributed by atoms with E-state index in [1.54, 1.807) is 6.07 Å². The minimum Gasteiger partial charge on any atom is -0.392 e. The highest BCUT2D eigenvalue weighted by atomic mass is 35.5. The zero-order valence-electron chi connectivity index (χ0n) is 11.7. The number of rotatable bonds is 4. The molecule has 0 bridgehead atoms. The Morgan fingerprint density at radius 1 is 1.15 bits per heavy atom. The van der Waals surface area contributed by atoms with E-state index in [-0.39, 0.29) is 5.92 Å². The standard InChI is InChI=1S/C16H23Cl2NO/c17-12-7-8-13(15(18)9-12)14(10-19)16(20)11-5-3-1-2-4-6-11/h7-9,11,14,16,20H,1-6,10,19H2. The van der Waals surface area contributed by atoms with Crippen LogP contribution in [0.15, 0.2) is 18.2 Å². The first-order valence-corrected chi connectivity index (χ1v) is 8.22. The van der Waals surface area contributed by atoms with Crippen LogP contribution in [0.2, 0.25) is 10.0 Å². The van der Waals surface area contributed by atoms with Crippen molar-refractivity contribution in [2.24, 2.45) is 11.7 Å². The predicted octanol–water partition coefficient (Wildman–Crippen LogP) is 4.37. The van der Waals surface area contributed by atoms with Crippen LogP contribution in [-0.4, -0.2) is 17.8 Å². The number of nitrogens with two attached hydrogens (primary N) is 1. The van der Waals surface area contributed by atoms with E-state index in [4.69, 9.17) is 28.9 Å². The van der Waals surface area contributed by atoms with Crippen molar-refractivity contribution in [3.8, 4) is 0 Å². The van der Waals surface area contributed by atoms with Crippen molar-refractivity contribution in [1.82, 2.24) is 0 Å². The molecule has 20 heavy (non-hydrogen) atoms. The lowest BCUT2D eigenvalue weighted by Gasteiger charge is -2.29. The summed E-state index contributed by atoms with van der Waals surface area (Å²) in [7, 11) is 0. The molecular weight excluding hydrogens is 293 g/mol. The van der Waals surface area contributed by atoms with Crippen LogP contribution < -0.4 is 5.73 Å². The maximum Gasteiger partial charge on any atom is 0.0649 e. The Morgan fingerprint density at radius 2 is 1.80 bits per heavy atom. The lowest BCUT2D eigenvalue weighted by atomic mass is 9.82. The molecule has 3 N–H and O–H groups in total. The molecule has 2 atom stereocenters. The van der Waals surface area contributed by atoms with Gasteiger partial charge in [-0.1, -0.05) is 55.0 Å². The summed E-state index contributed by atoms with van der Waals surface area (Å²) in [6, 6.07) is 5.42. The van der Waals surface area contributed by atoms with E-state index in [1.807, 2.05) is 12.1 Å². The van der Waals surface area contributed by atoms with Gasteiger partial charge in [0.1, 0.15) is 0 Å². The van der Waals surface area contributed by atoms with E-state index in [0.29, 0.717) is 22.5 Å². The van der Waals surface area contributed by atoms with Gasteiger partial charge in [-0.2, -0.15) is 0 Å². The number of hydrogen-bond donors (Lipinski definition) is 2. The molecule has 1 aliphatic carbocycles. The van der Waals surface area contributed by atoms with Crippen molar-refractivity contribution < 1.29 is 5.11 Å². The summed E-state index contributed by atoms with van der Waals surface area (Å²) in [5.41, 5.74) is 6.82. The zero-order valence-corrected chi connectivity index (χ0v) is 13.2. The van der Waals surface area contributed by atoms with Gasteiger partial charge in [-0.15, -0.1) is 0 Å². The minimum atomic E-state index is -0.420. The van der Waals surface area contributed by atoms with Gasteiger partial charge in [-0.25, -0.2) is 0 Å². The van der Waals surface area contributed by atoms with Crippen molar-refractivity contribution in [3.05, 3.63) is 33.8 Å². The summed E-state index contributed by atoms with van der Waals surface area (Å²) in [5.74, 6) is 0.223. The highest BCUT2D eigenvalue weighted by molar-refractivity contribution is 6.35. The quantitative estimate of drug-likeness (QED) is 0.810. The van der Waals surface area contributed by atoms with Gasteiger partial charge in [-0.05, 0) is 36.5 Å². The zero-order chi connectivity index (χ0) is 14.5. The second-order valence-electron chi connectivity index (χ2n) is 5.75. The third-order valence-electron chi connectivity index (χ3n) is 4.41. The summed E-state index contributed by atoms with van der Waals surface area (Å²) >= 11 is 12.2. The van der Waals surface area contributed by atoms with Crippen LogP contribution in [0.5, 0.6) is 0 Å². The van der Waals surface area contributed by atoms with E-state index in [9.17, 15) is 5.11 Å². The fraction of sp³-hybridized carbons (Fsp3) is 0.625. The Hall–Kier alpha value is -0.280. The molecule has 0 radical (unpaired) electrons. The van der Waals surface area contributed by atoms with Crippen molar-refractivity contribution in [1.29, 1.82) is 0 Å². The molecule has 1 aliphatic rings. The SMILES string of the molecule is NCC(c1ccc(Cl)cc1Cl)C(O)C1CCCCCC1. The lowest BCUT2D eigenvalue weighted by Crippen LogP contribution is -2.32. The summed E-state index contributed by atoms with van der Waals surface area (Å²) in [5, 5.41) is 11.9. The Kier molecular flexibility index (Phi) is 6.16. The van der Waals surface area contributed by atoms with Crippen LogP contribution >= 0.6 is 23.2 Å². The number of hydrogen-bond acceptors (Lipinski definition) is 2. The molecule has 1 aromatic rings. The summed E-state index contributed by atoms with van der Waals surface area (Å²) in [6.45, 7) is 0.402. The van der Waals surface area contributed by atoms with Gasteiger partial charge in [0.05, 0.1) is 6.10 Å². The van der Waals surface area contributed by atoms with Crippen LogP contribution in [-0.2, 0) is 0 Å². The molecule has 112 valence electrons. The highest BCUT2D eigenvalue weighted by Gasteiger charge is 2.29. The van der Waals surface area contributed by atoms with Crippen LogP contribution in [0.4, 0.5) is 0 Å². The predicted molar refractivity (Wildman–Crippen MR) is 85.5 cm³/mol.